The summed E-state index contributed by atoms with van der Waals surface area (Å²) >= 11 is 5.31. The van der Waals surface area contributed by atoms with Crippen LogP contribution in [0.3, 0.4) is 0 Å². The molecule has 0 amide bonds. The van der Waals surface area contributed by atoms with E-state index >= 15 is 0 Å². The third-order valence-electron chi connectivity index (χ3n) is 0.881. The van der Waals surface area contributed by atoms with E-state index in [-0.39, 0.29) is 0 Å². The van der Waals surface area contributed by atoms with E-state index < -0.39 is 0 Å². The summed E-state index contributed by atoms with van der Waals surface area (Å²) < 4.78 is 10.0. The first-order valence-corrected chi connectivity index (χ1v) is 2.87. The van der Waals surface area contributed by atoms with Crippen LogP contribution in [0.4, 0.5) is 0 Å². The van der Waals surface area contributed by atoms with E-state index in [1.807, 2.05) is 0 Å². The number of halogens is 1. The largest absolute Gasteiger partial charge is 0.492 e. The van der Waals surface area contributed by atoms with Gasteiger partial charge in [0, 0.05) is 5.54 Å². The molecule has 0 radical (unpaired) electrons. The average molecular weight is 135 g/mol. The van der Waals surface area contributed by atoms with Crippen molar-refractivity contribution in [1.82, 2.24) is 0 Å². The molecule has 1 heterocycles. The minimum Gasteiger partial charge on any atom is -0.492 e. The van der Waals surface area contributed by atoms with Gasteiger partial charge in [0.2, 0.25) is 0 Å². The van der Waals surface area contributed by atoms with Crippen LogP contribution < -0.4 is 0 Å². The van der Waals surface area contributed by atoms with Crippen molar-refractivity contribution in [2.45, 2.75) is 0 Å². The lowest BCUT2D eigenvalue weighted by Crippen LogP contribution is -2.14. The maximum atomic E-state index is 5.31. The zero-order valence-corrected chi connectivity index (χ0v) is 5.15. The highest BCUT2D eigenvalue weighted by atomic mass is 35.5. The van der Waals surface area contributed by atoms with Gasteiger partial charge in [-0.3, -0.25) is 0 Å². The molecule has 0 spiro atoms. The summed E-state index contributed by atoms with van der Waals surface area (Å²) in [5.41, 5.74) is 1.40. The minimum absolute atomic E-state index is 0.517. The fourth-order valence-corrected chi connectivity index (χ4v) is 0.635. The number of ether oxygens (including phenoxy) is 2. The predicted octanol–water partition coefficient (Wildman–Crippen LogP) is 1.11. The summed E-state index contributed by atoms with van der Waals surface area (Å²) in [7, 11) is 0. The first-order chi connectivity index (χ1) is 3.93. The van der Waals surface area contributed by atoms with E-state index in [2.05, 4.69) is 0 Å². The van der Waals surface area contributed by atoms with Crippen molar-refractivity contribution in [2.75, 3.05) is 19.8 Å². The zero-order valence-electron chi connectivity index (χ0n) is 4.39. The molecule has 0 unspecified atom stereocenters. The minimum atomic E-state index is 0.517. The Morgan fingerprint density at radius 2 is 2.38 bits per heavy atom. The second kappa shape index (κ2) is 2.95. The molecule has 0 aliphatic carbocycles. The van der Waals surface area contributed by atoms with E-state index in [4.69, 9.17) is 21.1 Å². The van der Waals surface area contributed by atoms with Crippen LogP contribution in [-0.4, -0.2) is 19.8 Å². The van der Waals surface area contributed by atoms with E-state index in [0.717, 1.165) is 5.76 Å². The Balaban J connectivity index is 2.33. The lowest BCUT2D eigenvalue weighted by Gasteiger charge is -2.14. The van der Waals surface area contributed by atoms with Gasteiger partial charge in [0.05, 0.1) is 6.61 Å². The van der Waals surface area contributed by atoms with Gasteiger partial charge in [0.15, 0.2) is 0 Å². The zero-order chi connectivity index (χ0) is 5.82. The monoisotopic (exact) mass is 134 g/mol. The SMILES string of the molecule is ClC=C1COCCO1. The van der Waals surface area contributed by atoms with Gasteiger partial charge in [0.1, 0.15) is 19.0 Å². The van der Waals surface area contributed by atoms with Crippen molar-refractivity contribution < 1.29 is 9.47 Å². The third-order valence-corrected chi connectivity index (χ3v) is 1.12. The van der Waals surface area contributed by atoms with Crippen LogP contribution in [0, 0.1) is 0 Å². The van der Waals surface area contributed by atoms with E-state index in [9.17, 15) is 0 Å². The molecule has 1 rings (SSSR count). The van der Waals surface area contributed by atoms with Gasteiger partial charge in [-0.15, -0.1) is 0 Å². The van der Waals surface area contributed by atoms with E-state index in [1.165, 1.54) is 5.54 Å². The highest BCUT2D eigenvalue weighted by Crippen LogP contribution is 2.04. The van der Waals surface area contributed by atoms with E-state index in [1.54, 1.807) is 0 Å². The summed E-state index contributed by atoms with van der Waals surface area (Å²) in [5.74, 6) is 0.720. The van der Waals surface area contributed by atoms with Crippen molar-refractivity contribution in [3.8, 4) is 0 Å². The maximum absolute atomic E-state index is 5.31. The molecule has 46 valence electrons. The molecule has 0 aromatic rings. The van der Waals surface area contributed by atoms with Gasteiger partial charge >= 0.3 is 0 Å². The Hall–Kier alpha value is -0.210. The number of hydrogen-bond donors (Lipinski definition) is 0. The second-order valence-electron chi connectivity index (χ2n) is 1.48. The van der Waals surface area contributed by atoms with Gasteiger partial charge in [-0.1, -0.05) is 11.6 Å². The van der Waals surface area contributed by atoms with Crippen LogP contribution >= 0.6 is 11.6 Å². The maximum Gasteiger partial charge on any atom is 0.133 e. The molecule has 1 fully saturated rings. The van der Waals surface area contributed by atoms with Crippen molar-refractivity contribution in [2.24, 2.45) is 0 Å². The van der Waals surface area contributed by atoms with Crippen LogP contribution in [0.15, 0.2) is 11.3 Å². The number of rotatable bonds is 0. The lowest BCUT2D eigenvalue weighted by atomic mass is 10.5. The number of hydrogen-bond acceptors (Lipinski definition) is 2. The predicted molar refractivity (Wildman–Crippen MR) is 30.7 cm³/mol. The fourth-order valence-electron chi connectivity index (χ4n) is 0.509. The Kier molecular flexibility index (Phi) is 2.18. The van der Waals surface area contributed by atoms with Gasteiger partial charge in [-0.25, -0.2) is 0 Å². The Bertz CT molecular complexity index is 92.6. The van der Waals surface area contributed by atoms with Crippen molar-refractivity contribution in [1.29, 1.82) is 0 Å². The van der Waals surface area contributed by atoms with Gasteiger partial charge in [0.25, 0.3) is 0 Å². The molecule has 0 aromatic carbocycles. The smallest absolute Gasteiger partial charge is 0.133 e. The van der Waals surface area contributed by atoms with Crippen LogP contribution in [0.1, 0.15) is 0 Å². The first kappa shape index (κ1) is 5.92. The molecule has 1 saturated heterocycles. The molecule has 8 heavy (non-hydrogen) atoms. The normalized spacial score (nSPS) is 25.4. The van der Waals surface area contributed by atoms with Gasteiger partial charge in [-0.05, 0) is 0 Å². The summed E-state index contributed by atoms with van der Waals surface area (Å²) in [4.78, 5) is 0. The quantitative estimate of drug-likeness (QED) is 0.494. The molecule has 0 aromatic heterocycles. The molecule has 0 bridgehead atoms. The Labute approximate surface area is 53.0 Å². The van der Waals surface area contributed by atoms with Crippen LogP contribution in [-0.2, 0) is 9.47 Å². The van der Waals surface area contributed by atoms with Gasteiger partial charge < -0.3 is 9.47 Å². The Morgan fingerprint density at radius 3 is 2.75 bits per heavy atom. The summed E-state index contributed by atoms with van der Waals surface area (Å²) in [5, 5.41) is 0. The van der Waals surface area contributed by atoms with Crippen LogP contribution in [0.2, 0.25) is 0 Å². The molecule has 0 N–H and O–H groups in total. The molecule has 1 aliphatic rings. The van der Waals surface area contributed by atoms with Crippen LogP contribution in [0.25, 0.3) is 0 Å². The summed E-state index contributed by atoms with van der Waals surface area (Å²) in [6.45, 7) is 1.82. The summed E-state index contributed by atoms with van der Waals surface area (Å²) in [6.07, 6.45) is 0. The van der Waals surface area contributed by atoms with Crippen molar-refractivity contribution >= 4 is 11.6 Å². The Morgan fingerprint density at radius 1 is 1.50 bits per heavy atom. The molecular weight excluding hydrogens is 128 g/mol. The highest BCUT2D eigenvalue weighted by molar-refractivity contribution is 6.25. The molecule has 0 saturated carbocycles. The average Bonchev–Trinajstić information content (AvgIpc) is 1.90. The fraction of sp³-hybridized carbons (Fsp3) is 0.600. The van der Waals surface area contributed by atoms with E-state index in [0.29, 0.717) is 19.8 Å². The second-order valence-corrected chi connectivity index (χ2v) is 1.69. The van der Waals surface area contributed by atoms with Crippen molar-refractivity contribution in [3.05, 3.63) is 11.3 Å². The van der Waals surface area contributed by atoms with Gasteiger partial charge in [-0.2, -0.15) is 0 Å². The summed E-state index contributed by atoms with van der Waals surface area (Å²) in [6, 6.07) is 0. The topological polar surface area (TPSA) is 18.5 Å². The molecule has 3 heteroatoms. The standard InChI is InChI=1S/C5H7ClO2/c6-3-5-4-7-1-2-8-5/h3H,1-2,4H2. The third kappa shape index (κ3) is 1.39. The van der Waals surface area contributed by atoms with Crippen molar-refractivity contribution in [3.63, 3.8) is 0 Å². The molecule has 1 aliphatic heterocycles. The first-order valence-electron chi connectivity index (χ1n) is 2.43. The molecular formula is C5H7ClO2. The lowest BCUT2D eigenvalue weighted by molar-refractivity contribution is 0.0139. The molecule has 0 atom stereocenters. The highest BCUT2D eigenvalue weighted by Gasteiger charge is 2.03. The molecule has 2 nitrogen and oxygen atoms in total. The van der Waals surface area contributed by atoms with Crippen LogP contribution in [0.5, 0.6) is 0 Å².